The Morgan fingerprint density at radius 2 is 2.12 bits per heavy atom. The monoisotopic (exact) mass is 354 g/mol. The molecule has 3 N–H and O–H groups in total. The molecule has 7 heteroatoms. The quantitative estimate of drug-likeness (QED) is 0.659. The highest BCUT2D eigenvalue weighted by molar-refractivity contribution is 5.79. The maximum atomic E-state index is 12.1. The first-order valence-corrected chi connectivity index (χ1v) is 8.75. The van der Waals surface area contributed by atoms with E-state index in [1.54, 1.807) is 6.92 Å². The molecular weight excluding hydrogens is 332 g/mol. The summed E-state index contributed by atoms with van der Waals surface area (Å²) in [6.07, 6.45) is 4.02. The van der Waals surface area contributed by atoms with Crippen molar-refractivity contribution in [1.29, 1.82) is 0 Å². The Balaban J connectivity index is 1.52. The Labute approximate surface area is 149 Å². The van der Waals surface area contributed by atoms with E-state index in [1.807, 2.05) is 12.3 Å². The lowest BCUT2D eigenvalue weighted by molar-refractivity contribution is -0.0603. The molecule has 0 amide bonds. The summed E-state index contributed by atoms with van der Waals surface area (Å²) >= 11 is 0. The molecule has 136 valence electrons. The molecule has 0 aliphatic carbocycles. The van der Waals surface area contributed by atoms with E-state index < -0.39 is 16.9 Å². The van der Waals surface area contributed by atoms with E-state index in [0.717, 1.165) is 18.6 Å². The minimum atomic E-state index is -1.07. The fourth-order valence-corrected chi connectivity index (χ4v) is 3.96. The molecule has 0 spiro atoms. The van der Waals surface area contributed by atoms with Crippen LogP contribution in [0.1, 0.15) is 24.9 Å². The molecule has 0 radical (unpaired) electrons. The molecule has 4 rings (SSSR count). The van der Waals surface area contributed by atoms with Crippen LogP contribution >= 0.6 is 0 Å². The topological polar surface area (TPSA) is 94.1 Å². The molecule has 1 fully saturated rings. The van der Waals surface area contributed by atoms with Crippen molar-refractivity contribution < 1.29 is 5.11 Å². The lowest BCUT2D eigenvalue weighted by Crippen LogP contribution is -2.54. The molecular formula is C19H22N4O3. The van der Waals surface area contributed by atoms with Crippen molar-refractivity contribution in [2.75, 3.05) is 13.1 Å². The number of β-amino-alcohol motifs (C(OH)–C–C–N with tert-alkyl or cyclic N) is 1. The zero-order valence-electron chi connectivity index (χ0n) is 14.6. The van der Waals surface area contributed by atoms with Crippen LogP contribution < -0.4 is 11.2 Å². The number of rotatable bonds is 3. The number of benzene rings is 1. The van der Waals surface area contributed by atoms with Gasteiger partial charge in [0.2, 0.25) is 0 Å². The van der Waals surface area contributed by atoms with E-state index in [-0.39, 0.29) is 6.04 Å². The molecule has 2 atom stereocenters. The summed E-state index contributed by atoms with van der Waals surface area (Å²) in [5.74, 6) is 0. The SMILES string of the molecule is C[C@@]1(O)CN(Cc2ccc3[nH]ccc3c2)CC[C@H]1n1ccc(=O)[nH]c1=O. The normalized spacial score (nSPS) is 24.2. The third kappa shape index (κ3) is 3.11. The standard InChI is InChI=1S/C19H22N4O3/c1-19(26)12-22(11-13-2-3-15-14(10-13)4-7-20-15)8-5-16(19)23-9-6-17(24)21-18(23)25/h2-4,6-7,9-10,16,20,26H,5,8,11-12H2,1H3,(H,21,24,25)/t16-,19-/m1/s1. The van der Waals surface area contributed by atoms with Gasteiger partial charge in [-0.15, -0.1) is 0 Å². The Hall–Kier alpha value is -2.64. The smallest absolute Gasteiger partial charge is 0.328 e. The minimum absolute atomic E-state index is 0.366. The second-order valence-corrected chi connectivity index (χ2v) is 7.29. The highest BCUT2D eigenvalue weighted by atomic mass is 16.3. The molecule has 0 unspecified atom stereocenters. The van der Waals surface area contributed by atoms with Crippen LogP contribution in [0.5, 0.6) is 0 Å². The zero-order valence-corrected chi connectivity index (χ0v) is 14.6. The molecule has 26 heavy (non-hydrogen) atoms. The van der Waals surface area contributed by atoms with Gasteiger partial charge in [0.1, 0.15) is 0 Å². The molecule has 0 saturated carbocycles. The number of aromatic amines is 2. The van der Waals surface area contributed by atoms with Gasteiger partial charge in [-0.05, 0) is 42.5 Å². The van der Waals surface area contributed by atoms with Crippen molar-refractivity contribution in [2.45, 2.75) is 31.5 Å². The van der Waals surface area contributed by atoms with Crippen LogP contribution in [0.3, 0.4) is 0 Å². The van der Waals surface area contributed by atoms with Gasteiger partial charge in [-0.3, -0.25) is 19.2 Å². The van der Waals surface area contributed by atoms with E-state index in [0.29, 0.717) is 13.0 Å². The predicted octanol–water partition coefficient (Wildman–Crippen LogP) is 1.22. The van der Waals surface area contributed by atoms with Crippen LogP contribution in [0.4, 0.5) is 0 Å². The number of nitrogens with zero attached hydrogens (tertiary/aromatic N) is 2. The van der Waals surface area contributed by atoms with Crippen LogP contribution in [0, 0.1) is 0 Å². The lowest BCUT2D eigenvalue weighted by atomic mass is 9.88. The first-order chi connectivity index (χ1) is 12.4. The number of aliphatic hydroxyl groups is 1. The minimum Gasteiger partial charge on any atom is -0.387 e. The van der Waals surface area contributed by atoms with E-state index in [9.17, 15) is 14.7 Å². The molecule has 1 aliphatic heterocycles. The van der Waals surface area contributed by atoms with Crippen molar-refractivity contribution in [2.24, 2.45) is 0 Å². The van der Waals surface area contributed by atoms with Gasteiger partial charge in [-0.1, -0.05) is 6.07 Å². The van der Waals surface area contributed by atoms with Gasteiger partial charge < -0.3 is 10.1 Å². The summed E-state index contributed by atoms with van der Waals surface area (Å²) in [5, 5.41) is 12.1. The Kier molecular flexibility index (Phi) is 4.05. The summed E-state index contributed by atoms with van der Waals surface area (Å²) in [7, 11) is 0. The van der Waals surface area contributed by atoms with Crippen molar-refractivity contribution >= 4 is 10.9 Å². The number of nitrogens with one attached hydrogen (secondary N) is 2. The van der Waals surface area contributed by atoms with Gasteiger partial charge in [0, 0.05) is 43.6 Å². The zero-order chi connectivity index (χ0) is 18.3. The van der Waals surface area contributed by atoms with Gasteiger partial charge in [-0.25, -0.2) is 4.79 Å². The molecule has 1 saturated heterocycles. The summed E-state index contributed by atoms with van der Waals surface area (Å²) in [5.41, 5.74) is 0.320. The van der Waals surface area contributed by atoms with Crippen LogP contribution in [-0.2, 0) is 6.54 Å². The Bertz CT molecular complexity index is 1050. The Morgan fingerprint density at radius 1 is 1.27 bits per heavy atom. The average Bonchev–Trinajstić information content (AvgIpc) is 3.03. The number of aromatic nitrogens is 3. The van der Waals surface area contributed by atoms with Gasteiger partial charge in [-0.2, -0.15) is 0 Å². The number of fused-ring (bicyclic) bond motifs is 1. The molecule has 3 aromatic rings. The number of hydrogen-bond acceptors (Lipinski definition) is 4. The van der Waals surface area contributed by atoms with Gasteiger partial charge in [0.05, 0.1) is 11.6 Å². The summed E-state index contributed by atoms with van der Waals surface area (Å²) in [6, 6.07) is 9.30. The summed E-state index contributed by atoms with van der Waals surface area (Å²) in [6.45, 7) is 3.70. The van der Waals surface area contributed by atoms with Crippen LogP contribution in [0.2, 0.25) is 0 Å². The van der Waals surface area contributed by atoms with Crippen molar-refractivity contribution in [3.8, 4) is 0 Å². The molecule has 1 aromatic carbocycles. The third-order valence-corrected chi connectivity index (χ3v) is 5.19. The fraction of sp³-hybridized carbons (Fsp3) is 0.368. The molecule has 1 aliphatic rings. The van der Waals surface area contributed by atoms with Crippen LogP contribution in [0.15, 0.2) is 52.3 Å². The second kappa shape index (κ2) is 6.26. The molecule has 0 bridgehead atoms. The van der Waals surface area contributed by atoms with E-state index in [1.165, 1.54) is 27.8 Å². The maximum Gasteiger partial charge on any atom is 0.328 e. The summed E-state index contributed by atoms with van der Waals surface area (Å²) < 4.78 is 1.44. The molecule has 7 nitrogen and oxygen atoms in total. The second-order valence-electron chi connectivity index (χ2n) is 7.29. The third-order valence-electron chi connectivity index (χ3n) is 5.19. The number of piperidine rings is 1. The van der Waals surface area contributed by atoms with Crippen molar-refractivity contribution in [3.05, 3.63) is 69.1 Å². The largest absolute Gasteiger partial charge is 0.387 e. The molecule has 2 aromatic heterocycles. The van der Waals surface area contributed by atoms with E-state index >= 15 is 0 Å². The number of likely N-dealkylation sites (tertiary alicyclic amines) is 1. The number of hydrogen-bond donors (Lipinski definition) is 3. The first-order valence-electron chi connectivity index (χ1n) is 8.75. The van der Waals surface area contributed by atoms with Crippen LogP contribution in [-0.4, -0.2) is 43.2 Å². The highest BCUT2D eigenvalue weighted by Crippen LogP contribution is 2.31. The summed E-state index contributed by atoms with van der Waals surface area (Å²) in [4.78, 5) is 31.0. The van der Waals surface area contributed by atoms with Crippen LogP contribution in [0.25, 0.3) is 10.9 Å². The Morgan fingerprint density at radius 3 is 2.88 bits per heavy atom. The molecule has 3 heterocycles. The van der Waals surface area contributed by atoms with Crippen molar-refractivity contribution in [3.63, 3.8) is 0 Å². The van der Waals surface area contributed by atoms with Gasteiger partial charge in [0.15, 0.2) is 0 Å². The fourth-order valence-electron chi connectivity index (χ4n) is 3.96. The average molecular weight is 354 g/mol. The predicted molar refractivity (Wildman–Crippen MR) is 99.2 cm³/mol. The number of H-pyrrole nitrogens is 2. The van der Waals surface area contributed by atoms with E-state index in [4.69, 9.17) is 0 Å². The van der Waals surface area contributed by atoms with Crippen molar-refractivity contribution in [1.82, 2.24) is 19.4 Å². The van der Waals surface area contributed by atoms with Gasteiger partial charge >= 0.3 is 5.69 Å². The van der Waals surface area contributed by atoms with E-state index in [2.05, 4.69) is 33.1 Å². The van der Waals surface area contributed by atoms with Gasteiger partial charge in [0.25, 0.3) is 5.56 Å². The first kappa shape index (κ1) is 16.8. The lowest BCUT2D eigenvalue weighted by Gasteiger charge is -2.43. The maximum absolute atomic E-state index is 12.1. The highest BCUT2D eigenvalue weighted by Gasteiger charge is 2.39.